The Morgan fingerprint density at radius 1 is 1.33 bits per heavy atom. The molecule has 1 saturated heterocycles. The van der Waals surface area contributed by atoms with Gasteiger partial charge in [-0.3, -0.25) is 4.99 Å². The maximum absolute atomic E-state index is 12.4. The number of carbonyl (C=O) groups excluding carboxylic acids is 1. The molecular weight excluding hydrogens is 368 g/mol. The molecule has 1 aliphatic carbocycles. The van der Waals surface area contributed by atoms with E-state index in [1.54, 1.807) is 25.8 Å². The molecular formula is C18H34N4O4S. The van der Waals surface area contributed by atoms with E-state index in [-0.39, 0.29) is 17.9 Å². The van der Waals surface area contributed by atoms with Crippen molar-refractivity contribution < 1.29 is 17.9 Å². The smallest absolute Gasteiger partial charge is 0.410 e. The predicted octanol–water partition coefficient (Wildman–Crippen LogP) is 1.47. The number of nitrogens with zero attached hydrogens (tertiary/aromatic N) is 3. The van der Waals surface area contributed by atoms with E-state index in [0.717, 1.165) is 12.8 Å². The zero-order valence-corrected chi connectivity index (χ0v) is 18.2. The Morgan fingerprint density at radius 3 is 2.44 bits per heavy atom. The van der Waals surface area contributed by atoms with Crippen LogP contribution in [0.15, 0.2) is 4.99 Å². The SMILES string of the molecule is CN=C(NCCN(C(=O)OC(C)(C)C)C1CC1)N1CCS(=O)(=O)C(C)(C)C1. The Hall–Kier alpha value is -1.51. The highest BCUT2D eigenvalue weighted by Gasteiger charge is 2.41. The molecule has 2 rings (SSSR count). The topological polar surface area (TPSA) is 91.3 Å². The number of guanidine groups is 1. The number of nitrogens with one attached hydrogen (secondary N) is 1. The summed E-state index contributed by atoms with van der Waals surface area (Å²) in [6.45, 7) is 11.0. The summed E-state index contributed by atoms with van der Waals surface area (Å²) >= 11 is 0. The lowest BCUT2D eigenvalue weighted by atomic mass is 10.2. The fourth-order valence-corrected chi connectivity index (χ4v) is 4.44. The molecule has 0 atom stereocenters. The Morgan fingerprint density at radius 2 is 1.96 bits per heavy atom. The molecule has 2 aliphatic rings. The first-order chi connectivity index (χ1) is 12.4. The third-order valence-corrected chi connectivity index (χ3v) is 7.34. The van der Waals surface area contributed by atoms with Crippen LogP contribution >= 0.6 is 0 Å². The monoisotopic (exact) mass is 402 g/mol. The number of amides is 1. The van der Waals surface area contributed by atoms with Gasteiger partial charge < -0.3 is 19.9 Å². The van der Waals surface area contributed by atoms with E-state index in [4.69, 9.17) is 4.74 Å². The van der Waals surface area contributed by atoms with Crippen molar-refractivity contribution in [1.29, 1.82) is 0 Å². The molecule has 1 N–H and O–H groups in total. The van der Waals surface area contributed by atoms with Gasteiger partial charge in [0.1, 0.15) is 5.60 Å². The zero-order chi connectivity index (χ0) is 20.5. The van der Waals surface area contributed by atoms with Gasteiger partial charge in [-0.2, -0.15) is 0 Å². The summed E-state index contributed by atoms with van der Waals surface area (Å²) in [7, 11) is -1.41. The second kappa shape index (κ2) is 7.85. The van der Waals surface area contributed by atoms with Crippen molar-refractivity contribution >= 4 is 21.9 Å². The zero-order valence-electron chi connectivity index (χ0n) is 17.4. The van der Waals surface area contributed by atoms with E-state index in [9.17, 15) is 13.2 Å². The summed E-state index contributed by atoms with van der Waals surface area (Å²) in [5.74, 6) is 0.783. The highest BCUT2D eigenvalue weighted by atomic mass is 32.2. The molecule has 27 heavy (non-hydrogen) atoms. The van der Waals surface area contributed by atoms with E-state index in [2.05, 4.69) is 10.3 Å². The largest absolute Gasteiger partial charge is 0.444 e. The van der Waals surface area contributed by atoms with Gasteiger partial charge in [0.05, 0.1) is 10.5 Å². The van der Waals surface area contributed by atoms with Crippen molar-refractivity contribution in [3.63, 3.8) is 0 Å². The molecule has 1 amide bonds. The van der Waals surface area contributed by atoms with E-state index < -0.39 is 20.2 Å². The van der Waals surface area contributed by atoms with Crippen LogP contribution in [-0.4, -0.2) is 85.6 Å². The number of hydrogen-bond donors (Lipinski definition) is 1. The van der Waals surface area contributed by atoms with Crippen molar-refractivity contribution in [2.75, 3.05) is 39.0 Å². The minimum atomic E-state index is -3.10. The first-order valence-corrected chi connectivity index (χ1v) is 11.2. The first-order valence-electron chi connectivity index (χ1n) is 9.54. The normalized spacial score (nSPS) is 22.3. The van der Waals surface area contributed by atoms with Crippen molar-refractivity contribution in [3.8, 4) is 0 Å². The van der Waals surface area contributed by atoms with Crippen LogP contribution in [0.4, 0.5) is 4.79 Å². The molecule has 0 aromatic heterocycles. The highest BCUT2D eigenvalue weighted by Crippen LogP contribution is 2.28. The van der Waals surface area contributed by atoms with Gasteiger partial charge in [-0.05, 0) is 47.5 Å². The van der Waals surface area contributed by atoms with Gasteiger partial charge in [0.15, 0.2) is 15.8 Å². The summed E-state index contributed by atoms with van der Waals surface area (Å²) in [6.07, 6.45) is 1.73. The van der Waals surface area contributed by atoms with Gasteiger partial charge in [-0.1, -0.05) is 0 Å². The van der Waals surface area contributed by atoms with Gasteiger partial charge >= 0.3 is 6.09 Å². The number of ether oxygens (including phenoxy) is 1. The molecule has 0 radical (unpaired) electrons. The Kier molecular flexibility index (Phi) is 6.33. The van der Waals surface area contributed by atoms with Crippen molar-refractivity contribution in [2.45, 2.75) is 63.9 Å². The molecule has 0 bridgehead atoms. The maximum atomic E-state index is 12.4. The molecule has 0 aromatic rings. The molecule has 0 spiro atoms. The number of aliphatic imine (C=N–C) groups is 1. The maximum Gasteiger partial charge on any atom is 0.410 e. The van der Waals surface area contributed by atoms with Gasteiger partial charge in [-0.15, -0.1) is 0 Å². The third-order valence-electron chi connectivity index (χ3n) is 4.81. The van der Waals surface area contributed by atoms with Gasteiger partial charge in [0.2, 0.25) is 0 Å². The van der Waals surface area contributed by atoms with Crippen molar-refractivity contribution in [2.24, 2.45) is 4.99 Å². The number of hydrogen-bond acceptors (Lipinski definition) is 5. The molecule has 9 heteroatoms. The van der Waals surface area contributed by atoms with E-state index in [1.165, 1.54) is 0 Å². The van der Waals surface area contributed by atoms with Gasteiger partial charge in [0, 0.05) is 39.3 Å². The minimum Gasteiger partial charge on any atom is -0.444 e. The first kappa shape index (κ1) is 21.8. The molecule has 0 unspecified atom stereocenters. The molecule has 1 saturated carbocycles. The van der Waals surface area contributed by atoms with Crippen molar-refractivity contribution in [3.05, 3.63) is 0 Å². The van der Waals surface area contributed by atoms with Gasteiger partial charge in [0.25, 0.3) is 0 Å². The van der Waals surface area contributed by atoms with Crippen LogP contribution < -0.4 is 5.32 Å². The van der Waals surface area contributed by atoms with Crippen molar-refractivity contribution in [1.82, 2.24) is 15.1 Å². The summed E-state index contributed by atoms with van der Waals surface area (Å²) in [5.41, 5.74) is -0.515. The summed E-state index contributed by atoms with van der Waals surface area (Å²) in [5, 5.41) is 3.27. The Balaban J connectivity index is 1.91. The number of carbonyl (C=O) groups is 1. The average molecular weight is 403 g/mol. The predicted molar refractivity (Wildman–Crippen MR) is 107 cm³/mol. The minimum absolute atomic E-state index is 0.118. The van der Waals surface area contributed by atoms with Crippen LogP contribution in [0, 0.1) is 0 Å². The summed E-state index contributed by atoms with van der Waals surface area (Å²) in [4.78, 5) is 20.4. The number of sulfone groups is 1. The van der Waals surface area contributed by atoms with Crippen LogP contribution in [0.1, 0.15) is 47.5 Å². The Labute approximate surface area is 163 Å². The lowest BCUT2D eigenvalue weighted by Crippen LogP contribution is -2.57. The second-order valence-corrected chi connectivity index (χ2v) is 11.6. The fourth-order valence-electron chi connectivity index (χ4n) is 3.07. The van der Waals surface area contributed by atoms with Crippen LogP contribution in [0.5, 0.6) is 0 Å². The molecule has 156 valence electrons. The molecule has 2 fully saturated rings. The molecule has 8 nitrogen and oxygen atoms in total. The fraction of sp³-hybridized carbons (Fsp3) is 0.889. The summed E-state index contributed by atoms with van der Waals surface area (Å²) in [6, 6.07) is 0.253. The lowest BCUT2D eigenvalue weighted by molar-refractivity contribution is 0.0237. The van der Waals surface area contributed by atoms with E-state index in [1.807, 2.05) is 25.7 Å². The molecule has 1 heterocycles. The summed E-state index contributed by atoms with van der Waals surface area (Å²) < 4.78 is 29.1. The molecule has 0 aromatic carbocycles. The molecule has 1 aliphatic heterocycles. The average Bonchev–Trinajstić information content (AvgIpc) is 3.33. The quantitative estimate of drug-likeness (QED) is 0.566. The van der Waals surface area contributed by atoms with E-state index >= 15 is 0 Å². The van der Waals surface area contributed by atoms with Crippen LogP contribution in [-0.2, 0) is 14.6 Å². The van der Waals surface area contributed by atoms with Crippen LogP contribution in [0.3, 0.4) is 0 Å². The van der Waals surface area contributed by atoms with Crippen LogP contribution in [0.2, 0.25) is 0 Å². The number of rotatable bonds is 4. The van der Waals surface area contributed by atoms with Crippen LogP contribution in [0.25, 0.3) is 0 Å². The lowest BCUT2D eigenvalue weighted by Gasteiger charge is -2.39. The van der Waals surface area contributed by atoms with E-state index in [0.29, 0.717) is 32.1 Å². The Bertz CT molecular complexity index is 678. The standard InChI is InChI=1S/C18H34N4O4S/c1-17(2,3)26-16(23)22(14-7-8-14)10-9-20-15(19-6)21-11-12-27(24,25)18(4,5)13-21/h14H,7-13H2,1-6H3,(H,19,20). The highest BCUT2D eigenvalue weighted by molar-refractivity contribution is 7.92. The third kappa shape index (κ3) is 5.73. The van der Waals surface area contributed by atoms with Gasteiger partial charge in [-0.25, -0.2) is 13.2 Å². The second-order valence-electron chi connectivity index (χ2n) is 8.88.